The van der Waals surface area contributed by atoms with Gasteiger partial charge in [-0.25, -0.2) is 0 Å². The van der Waals surface area contributed by atoms with Crippen molar-refractivity contribution in [3.63, 3.8) is 0 Å². The van der Waals surface area contributed by atoms with Crippen LogP contribution in [0.2, 0.25) is 5.02 Å². The van der Waals surface area contributed by atoms with Gasteiger partial charge in [0.1, 0.15) is 5.75 Å². The van der Waals surface area contributed by atoms with Crippen molar-refractivity contribution in [2.24, 2.45) is 5.73 Å². The van der Waals surface area contributed by atoms with Crippen LogP contribution in [-0.4, -0.2) is 16.7 Å². The monoisotopic (exact) mass is 267 g/mol. The summed E-state index contributed by atoms with van der Waals surface area (Å²) in [5.74, 6) is 1.47. The van der Waals surface area contributed by atoms with Gasteiger partial charge in [-0.05, 0) is 32.0 Å². The Morgan fingerprint density at radius 2 is 2.28 bits per heavy atom. The lowest BCUT2D eigenvalue weighted by Gasteiger charge is -2.07. The quantitative estimate of drug-likeness (QED) is 0.922. The smallest absolute Gasteiger partial charge is 0.243 e. The number of rotatable bonds is 4. The molecule has 0 fully saturated rings. The summed E-state index contributed by atoms with van der Waals surface area (Å²) < 4.78 is 10.6. The van der Waals surface area contributed by atoms with Crippen LogP contribution in [0.5, 0.6) is 5.75 Å². The van der Waals surface area contributed by atoms with Gasteiger partial charge < -0.3 is 15.0 Å². The number of hydrogen-bond acceptors (Lipinski definition) is 5. The fraction of sp³-hybridized carbons (Fsp3) is 0.333. The van der Waals surface area contributed by atoms with Crippen LogP contribution in [-0.2, 0) is 0 Å². The largest absolute Gasteiger partial charge is 0.493 e. The predicted molar refractivity (Wildman–Crippen MR) is 68.5 cm³/mol. The van der Waals surface area contributed by atoms with E-state index in [9.17, 15) is 0 Å². The maximum Gasteiger partial charge on any atom is 0.243 e. The zero-order chi connectivity index (χ0) is 13.1. The molecule has 1 atom stereocenters. The van der Waals surface area contributed by atoms with E-state index < -0.39 is 0 Å². The van der Waals surface area contributed by atoms with Crippen molar-refractivity contribution in [1.29, 1.82) is 0 Å². The zero-order valence-electron chi connectivity index (χ0n) is 10.2. The number of benzene rings is 1. The molecule has 96 valence electrons. The van der Waals surface area contributed by atoms with Gasteiger partial charge in [0.25, 0.3) is 0 Å². The third-order valence-electron chi connectivity index (χ3n) is 2.31. The van der Waals surface area contributed by atoms with E-state index in [-0.39, 0.29) is 6.04 Å². The van der Waals surface area contributed by atoms with Crippen LogP contribution in [0.4, 0.5) is 0 Å². The summed E-state index contributed by atoms with van der Waals surface area (Å²) in [5, 5.41) is 4.47. The average Bonchev–Trinajstić information content (AvgIpc) is 2.81. The SMILES string of the molecule is CCOc1ccc(Cl)cc1-c1noc([C@H](C)N)n1. The van der Waals surface area contributed by atoms with Crippen LogP contribution in [0.1, 0.15) is 25.8 Å². The van der Waals surface area contributed by atoms with Crippen LogP contribution >= 0.6 is 11.6 Å². The second-order valence-electron chi connectivity index (χ2n) is 3.82. The Hall–Kier alpha value is -1.59. The molecule has 1 aromatic heterocycles. The van der Waals surface area contributed by atoms with Crippen molar-refractivity contribution in [1.82, 2.24) is 10.1 Å². The molecule has 0 saturated carbocycles. The molecule has 0 aliphatic carbocycles. The molecule has 1 heterocycles. The van der Waals surface area contributed by atoms with Gasteiger partial charge in [0.2, 0.25) is 11.7 Å². The van der Waals surface area contributed by atoms with Crippen molar-refractivity contribution < 1.29 is 9.26 Å². The lowest BCUT2D eigenvalue weighted by Crippen LogP contribution is -2.04. The highest BCUT2D eigenvalue weighted by Crippen LogP contribution is 2.31. The van der Waals surface area contributed by atoms with Crippen LogP contribution in [0, 0.1) is 0 Å². The van der Waals surface area contributed by atoms with Gasteiger partial charge in [-0.2, -0.15) is 4.98 Å². The molecule has 0 spiro atoms. The van der Waals surface area contributed by atoms with Crippen molar-refractivity contribution in [3.05, 3.63) is 29.1 Å². The van der Waals surface area contributed by atoms with E-state index in [1.807, 2.05) is 6.92 Å². The number of halogens is 1. The van der Waals surface area contributed by atoms with Gasteiger partial charge >= 0.3 is 0 Å². The third kappa shape index (κ3) is 2.63. The van der Waals surface area contributed by atoms with E-state index in [1.54, 1.807) is 25.1 Å². The Kier molecular flexibility index (Phi) is 3.84. The molecule has 2 N–H and O–H groups in total. The number of aromatic nitrogens is 2. The van der Waals surface area contributed by atoms with E-state index in [4.69, 9.17) is 26.6 Å². The second kappa shape index (κ2) is 5.37. The lowest BCUT2D eigenvalue weighted by molar-refractivity contribution is 0.340. The summed E-state index contributed by atoms with van der Waals surface area (Å²) in [6.07, 6.45) is 0. The minimum atomic E-state index is -0.305. The first-order chi connectivity index (χ1) is 8.61. The molecule has 2 aromatic rings. The minimum absolute atomic E-state index is 0.305. The fourth-order valence-electron chi connectivity index (χ4n) is 1.49. The van der Waals surface area contributed by atoms with Gasteiger partial charge in [0.05, 0.1) is 18.2 Å². The standard InChI is InChI=1S/C12H14ClN3O2/c1-3-17-10-5-4-8(13)6-9(10)11-15-12(7(2)14)18-16-11/h4-7H,3,14H2,1-2H3/t7-/m0/s1. The van der Waals surface area contributed by atoms with E-state index in [0.717, 1.165) is 0 Å². The maximum absolute atomic E-state index is 5.97. The van der Waals surface area contributed by atoms with Crippen molar-refractivity contribution >= 4 is 11.6 Å². The number of nitrogens with zero attached hydrogens (tertiary/aromatic N) is 2. The van der Waals surface area contributed by atoms with Gasteiger partial charge in [0.15, 0.2) is 0 Å². The average molecular weight is 268 g/mol. The Morgan fingerprint density at radius 1 is 1.50 bits per heavy atom. The van der Waals surface area contributed by atoms with Crippen molar-refractivity contribution in [2.45, 2.75) is 19.9 Å². The molecule has 0 radical (unpaired) electrons. The van der Waals surface area contributed by atoms with E-state index in [2.05, 4.69) is 10.1 Å². The van der Waals surface area contributed by atoms with E-state index in [0.29, 0.717) is 34.7 Å². The molecule has 0 bridgehead atoms. The van der Waals surface area contributed by atoms with Gasteiger partial charge in [0, 0.05) is 5.02 Å². The number of nitrogens with two attached hydrogens (primary N) is 1. The van der Waals surface area contributed by atoms with Crippen molar-refractivity contribution in [2.75, 3.05) is 6.61 Å². The molecule has 2 rings (SSSR count). The molecule has 0 unspecified atom stereocenters. The first-order valence-electron chi connectivity index (χ1n) is 5.63. The Balaban J connectivity index is 2.44. The van der Waals surface area contributed by atoms with Crippen LogP contribution in [0.15, 0.2) is 22.7 Å². The summed E-state index contributed by atoms with van der Waals surface area (Å²) in [7, 11) is 0. The van der Waals surface area contributed by atoms with E-state index in [1.165, 1.54) is 0 Å². The van der Waals surface area contributed by atoms with Gasteiger partial charge in [-0.3, -0.25) is 0 Å². The highest BCUT2D eigenvalue weighted by molar-refractivity contribution is 6.30. The lowest BCUT2D eigenvalue weighted by atomic mass is 10.2. The summed E-state index contributed by atoms with van der Waals surface area (Å²) in [4.78, 5) is 4.22. The molecule has 0 aliphatic rings. The molecule has 1 aromatic carbocycles. The minimum Gasteiger partial charge on any atom is -0.493 e. The zero-order valence-corrected chi connectivity index (χ0v) is 10.9. The van der Waals surface area contributed by atoms with Gasteiger partial charge in [-0.1, -0.05) is 16.8 Å². The highest BCUT2D eigenvalue weighted by atomic mass is 35.5. The van der Waals surface area contributed by atoms with Crippen LogP contribution < -0.4 is 10.5 Å². The number of ether oxygens (including phenoxy) is 1. The second-order valence-corrected chi connectivity index (χ2v) is 4.25. The van der Waals surface area contributed by atoms with E-state index >= 15 is 0 Å². The predicted octanol–water partition coefficient (Wildman–Crippen LogP) is 2.81. The first kappa shape index (κ1) is 12.9. The molecule has 0 saturated heterocycles. The fourth-order valence-corrected chi connectivity index (χ4v) is 1.66. The van der Waals surface area contributed by atoms with Gasteiger partial charge in [-0.15, -0.1) is 0 Å². The summed E-state index contributed by atoms with van der Waals surface area (Å²) >= 11 is 5.97. The topological polar surface area (TPSA) is 74.2 Å². The third-order valence-corrected chi connectivity index (χ3v) is 2.55. The summed E-state index contributed by atoms with van der Waals surface area (Å²) in [6.45, 7) is 4.23. The highest BCUT2D eigenvalue weighted by Gasteiger charge is 2.15. The normalized spacial score (nSPS) is 12.4. The Labute approximate surface area is 110 Å². The molecular weight excluding hydrogens is 254 g/mol. The molecular formula is C12H14ClN3O2. The molecule has 18 heavy (non-hydrogen) atoms. The molecule has 0 amide bonds. The Bertz CT molecular complexity index is 540. The first-order valence-corrected chi connectivity index (χ1v) is 6.01. The molecule has 6 heteroatoms. The van der Waals surface area contributed by atoms with Crippen LogP contribution in [0.25, 0.3) is 11.4 Å². The summed E-state index contributed by atoms with van der Waals surface area (Å²) in [6, 6.07) is 4.97. The van der Waals surface area contributed by atoms with Crippen LogP contribution in [0.3, 0.4) is 0 Å². The Morgan fingerprint density at radius 3 is 2.89 bits per heavy atom. The number of hydrogen-bond donors (Lipinski definition) is 1. The molecule has 5 nitrogen and oxygen atoms in total. The summed E-state index contributed by atoms with van der Waals surface area (Å²) in [5.41, 5.74) is 6.37. The maximum atomic E-state index is 5.97. The molecule has 0 aliphatic heterocycles. The van der Waals surface area contributed by atoms with Crippen molar-refractivity contribution in [3.8, 4) is 17.1 Å².